The van der Waals surface area contributed by atoms with E-state index in [1.165, 1.54) is 6.07 Å². The lowest BCUT2D eigenvalue weighted by atomic mass is 9.73. The van der Waals surface area contributed by atoms with Crippen LogP contribution >= 0.6 is 15.9 Å². The molecule has 0 atom stereocenters. The first kappa shape index (κ1) is 15.7. The van der Waals surface area contributed by atoms with Crippen LogP contribution in [0.15, 0.2) is 22.7 Å². The molecule has 1 aromatic rings. The lowest BCUT2D eigenvalue weighted by molar-refractivity contribution is -0.128. The van der Waals surface area contributed by atoms with Gasteiger partial charge in [0.05, 0.1) is 0 Å². The number of benzene rings is 1. The monoisotopic (exact) mass is 340 g/mol. The van der Waals surface area contributed by atoms with Gasteiger partial charge in [-0.25, -0.2) is 4.39 Å². The van der Waals surface area contributed by atoms with Gasteiger partial charge in [0, 0.05) is 16.3 Å². The molecule has 0 aliphatic heterocycles. The maximum atomic E-state index is 13.8. The molecule has 1 nitrogen and oxygen atoms in total. The average molecular weight is 341 g/mol. The fraction of sp³-hybridized carbons (Fsp3) is 0.588. The van der Waals surface area contributed by atoms with Crippen LogP contribution in [0.25, 0.3) is 0 Å². The third kappa shape index (κ3) is 3.49. The van der Waals surface area contributed by atoms with Gasteiger partial charge in [0.25, 0.3) is 0 Å². The Hall–Kier alpha value is -0.700. The number of halogens is 2. The number of carbonyl (C=O) groups is 1. The van der Waals surface area contributed by atoms with Crippen LogP contribution < -0.4 is 0 Å². The molecule has 0 saturated heterocycles. The Kier molecular flexibility index (Phi) is 5.00. The second-order valence-electron chi connectivity index (χ2n) is 6.42. The fourth-order valence-electron chi connectivity index (χ4n) is 3.47. The summed E-state index contributed by atoms with van der Waals surface area (Å²) in [6.07, 6.45) is 5.34. The highest BCUT2D eigenvalue weighted by Gasteiger charge is 2.40. The Morgan fingerprint density at radius 1 is 1.35 bits per heavy atom. The maximum absolute atomic E-state index is 13.8. The van der Waals surface area contributed by atoms with E-state index >= 15 is 0 Å². The van der Waals surface area contributed by atoms with E-state index in [1.807, 2.05) is 0 Å². The standard InChI is InChI=1S/C17H22BrFO/c1-12(2)11-17(7-3-4-8-17)16(20)10-13-9-14(18)5-6-15(13)19/h5-6,9,12H,3-4,7-8,10-11H2,1-2H3. The third-order valence-corrected chi connectivity index (χ3v) is 4.80. The van der Waals surface area contributed by atoms with Gasteiger partial charge in [-0.15, -0.1) is 0 Å². The number of carbonyl (C=O) groups excluding carboxylic acids is 1. The van der Waals surface area contributed by atoms with Crippen LogP contribution in [-0.4, -0.2) is 5.78 Å². The smallest absolute Gasteiger partial charge is 0.143 e. The van der Waals surface area contributed by atoms with Crippen molar-refractivity contribution in [2.45, 2.75) is 52.4 Å². The summed E-state index contributed by atoms with van der Waals surface area (Å²) in [6, 6.07) is 4.82. The van der Waals surface area contributed by atoms with Crippen LogP contribution in [0.2, 0.25) is 0 Å². The molecular weight excluding hydrogens is 319 g/mol. The predicted octanol–water partition coefficient (Wildman–Crippen LogP) is 5.31. The van der Waals surface area contributed by atoms with Crippen LogP contribution in [0, 0.1) is 17.2 Å². The summed E-state index contributed by atoms with van der Waals surface area (Å²) in [5.41, 5.74) is 0.308. The van der Waals surface area contributed by atoms with Crippen molar-refractivity contribution in [3.8, 4) is 0 Å². The molecular formula is C17H22BrFO. The molecule has 0 unspecified atom stereocenters. The van der Waals surface area contributed by atoms with Gasteiger partial charge in [-0.3, -0.25) is 4.79 Å². The Bertz CT molecular complexity index is 490. The van der Waals surface area contributed by atoms with E-state index < -0.39 is 0 Å². The largest absolute Gasteiger partial charge is 0.299 e. The maximum Gasteiger partial charge on any atom is 0.143 e. The molecule has 20 heavy (non-hydrogen) atoms. The van der Waals surface area contributed by atoms with Crippen LogP contribution in [0.3, 0.4) is 0 Å². The summed E-state index contributed by atoms with van der Waals surface area (Å²) in [7, 11) is 0. The van der Waals surface area contributed by atoms with E-state index in [9.17, 15) is 9.18 Å². The summed E-state index contributed by atoms with van der Waals surface area (Å²) in [5, 5.41) is 0. The van der Waals surface area contributed by atoms with E-state index in [1.54, 1.807) is 12.1 Å². The molecule has 1 saturated carbocycles. The molecule has 0 spiro atoms. The predicted molar refractivity (Wildman–Crippen MR) is 83.2 cm³/mol. The van der Waals surface area contributed by atoms with Gasteiger partial charge in [-0.2, -0.15) is 0 Å². The zero-order valence-electron chi connectivity index (χ0n) is 12.2. The molecule has 3 heteroatoms. The van der Waals surface area contributed by atoms with Crippen molar-refractivity contribution in [2.75, 3.05) is 0 Å². The summed E-state index contributed by atoms with van der Waals surface area (Å²) in [4.78, 5) is 12.8. The summed E-state index contributed by atoms with van der Waals surface area (Å²) in [6.45, 7) is 4.32. The molecule has 0 aromatic heterocycles. The number of hydrogen-bond acceptors (Lipinski definition) is 1. The lowest BCUT2D eigenvalue weighted by Crippen LogP contribution is -2.31. The number of Topliss-reactive ketones (excluding diaryl/α,β-unsaturated/α-hetero) is 1. The van der Waals surface area contributed by atoms with Crippen LogP contribution in [0.4, 0.5) is 4.39 Å². The normalized spacial score (nSPS) is 17.6. The van der Waals surface area contributed by atoms with Crippen molar-refractivity contribution >= 4 is 21.7 Å². The van der Waals surface area contributed by atoms with Crippen molar-refractivity contribution < 1.29 is 9.18 Å². The van der Waals surface area contributed by atoms with Crippen LogP contribution in [0.1, 0.15) is 51.5 Å². The summed E-state index contributed by atoms with van der Waals surface area (Å²) in [5.74, 6) is 0.448. The van der Waals surface area contributed by atoms with E-state index in [4.69, 9.17) is 0 Å². The minimum atomic E-state index is -0.278. The molecule has 0 heterocycles. The highest BCUT2D eigenvalue weighted by Crippen LogP contribution is 2.44. The number of rotatable bonds is 5. The Morgan fingerprint density at radius 2 is 2.00 bits per heavy atom. The van der Waals surface area contributed by atoms with Gasteiger partial charge >= 0.3 is 0 Å². The molecule has 1 aliphatic carbocycles. The lowest BCUT2D eigenvalue weighted by Gasteiger charge is -2.29. The number of ketones is 1. The zero-order valence-corrected chi connectivity index (χ0v) is 13.8. The van der Waals surface area contributed by atoms with Crippen molar-refractivity contribution in [3.05, 3.63) is 34.1 Å². The van der Waals surface area contributed by atoms with Gasteiger partial charge in [0.2, 0.25) is 0 Å². The van der Waals surface area contributed by atoms with E-state index in [-0.39, 0.29) is 23.4 Å². The molecule has 0 amide bonds. The van der Waals surface area contributed by atoms with Crippen LogP contribution in [0.5, 0.6) is 0 Å². The summed E-state index contributed by atoms with van der Waals surface area (Å²) >= 11 is 3.35. The van der Waals surface area contributed by atoms with E-state index in [0.717, 1.165) is 36.6 Å². The quantitative estimate of drug-likeness (QED) is 0.710. The van der Waals surface area contributed by atoms with E-state index in [2.05, 4.69) is 29.8 Å². The minimum Gasteiger partial charge on any atom is -0.299 e. The van der Waals surface area contributed by atoms with Gasteiger partial charge in [0.1, 0.15) is 11.6 Å². The molecule has 1 aliphatic rings. The van der Waals surface area contributed by atoms with Gasteiger partial charge in [-0.05, 0) is 48.9 Å². The first-order valence-electron chi connectivity index (χ1n) is 7.40. The van der Waals surface area contributed by atoms with Crippen molar-refractivity contribution in [1.82, 2.24) is 0 Å². The second-order valence-corrected chi connectivity index (χ2v) is 7.34. The molecule has 1 aromatic carbocycles. The molecule has 2 rings (SSSR count). The van der Waals surface area contributed by atoms with Gasteiger partial charge in [-0.1, -0.05) is 42.6 Å². The fourth-order valence-corrected chi connectivity index (χ4v) is 3.88. The van der Waals surface area contributed by atoms with Crippen molar-refractivity contribution in [3.63, 3.8) is 0 Å². The Balaban J connectivity index is 2.18. The molecule has 0 N–H and O–H groups in total. The first-order chi connectivity index (χ1) is 9.43. The first-order valence-corrected chi connectivity index (χ1v) is 8.19. The topological polar surface area (TPSA) is 17.1 Å². The Morgan fingerprint density at radius 3 is 2.60 bits per heavy atom. The van der Waals surface area contributed by atoms with Crippen LogP contribution in [-0.2, 0) is 11.2 Å². The molecule has 1 fully saturated rings. The number of hydrogen-bond donors (Lipinski definition) is 0. The van der Waals surface area contributed by atoms with Crippen molar-refractivity contribution in [2.24, 2.45) is 11.3 Å². The minimum absolute atomic E-state index is 0.205. The third-order valence-electron chi connectivity index (χ3n) is 4.31. The Labute approximate surface area is 129 Å². The van der Waals surface area contributed by atoms with E-state index in [0.29, 0.717) is 11.5 Å². The second kappa shape index (κ2) is 6.38. The van der Waals surface area contributed by atoms with Gasteiger partial charge < -0.3 is 0 Å². The highest BCUT2D eigenvalue weighted by molar-refractivity contribution is 9.10. The molecule has 0 bridgehead atoms. The average Bonchev–Trinajstić information content (AvgIpc) is 2.82. The summed E-state index contributed by atoms with van der Waals surface area (Å²) < 4.78 is 14.7. The zero-order chi connectivity index (χ0) is 14.8. The highest BCUT2D eigenvalue weighted by atomic mass is 79.9. The molecule has 0 radical (unpaired) electrons. The molecule has 110 valence electrons. The van der Waals surface area contributed by atoms with Crippen molar-refractivity contribution in [1.29, 1.82) is 0 Å². The SMILES string of the molecule is CC(C)CC1(C(=O)Cc2cc(Br)ccc2F)CCCC1. The van der Waals surface area contributed by atoms with Gasteiger partial charge in [0.15, 0.2) is 0 Å².